The SMILES string of the molecule is Cc1ncsc1-c1ccc(CCC(=O)[C@@H]2C[C@@H](O)CN2C(=O)C(C(C)C)N2Cc3c(C#N)cccc3C2=O)cc1. The Morgan fingerprint density at radius 1 is 1.20 bits per heavy atom. The summed E-state index contributed by atoms with van der Waals surface area (Å²) in [5, 5.41) is 20.0. The number of carbonyl (C=O) groups excluding carboxylic acids is 3. The lowest BCUT2D eigenvalue weighted by atomic mass is 9.98. The van der Waals surface area contributed by atoms with Crippen LogP contribution in [0.2, 0.25) is 0 Å². The lowest BCUT2D eigenvalue weighted by Crippen LogP contribution is -2.54. The van der Waals surface area contributed by atoms with E-state index in [9.17, 15) is 24.8 Å². The number of β-amino-alcohol motifs (C(OH)–C–C–N with tert-alkyl or cyclic N) is 1. The molecule has 8 nitrogen and oxygen atoms in total. The summed E-state index contributed by atoms with van der Waals surface area (Å²) >= 11 is 1.59. The number of aryl methyl sites for hydroxylation is 2. The summed E-state index contributed by atoms with van der Waals surface area (Å²) in [6, 6.07) is 13.7. The Balaban J connectivity index is 1.29. The van der Waals surface area contributed by atoms with E-state index >= 15 is 0 Å². The molecular weight excluding hydrogens is 524 g/mol. The third-order valence-electron chi connectivity index (χ3n) is 7.89. The second-order valence-corrected chi connectivity index (χ2v) is 11.7. The monoisotopic (exact) mass is 556 g/mol. The number of hydrogen-bond donors (Lipinski definition) is 1. The number of likely N-dealkylation sites (tertiary alicyclic amines) is 1. The van der Waals surface area contributed by atoms with Gasteiger partial charge in [-0.3, -0.25) is 14.4 Å². The first-order valence-corrected chi connectivity index (χ1v) is 14.4. The highest BCUT2D eigenvalue weighted by molar-refractivity contribution is 7.13. The van der Waals surface area contributed by atoms with Gasteiger partial charge in [0.1, 0.15) is 6.04 Å². The Hall–Kier alpha value is -3.87. The van der Waals surface area contributed by atoms with Crippen molar-refractivity contribution in [2.75, 3.05) is 6.54 Å². The fraction of sp³-hybridized carbons (Fsp3) is 0.387. The summed E-state index contributed by atoms with van der Waals surface area (Å²) in [6.45, 7) is 5.93. The summed E-state index contributed by atoms with van der Waals surface area (Å²) in [5.74, 6) is -0.962. The Bertz CT molecular complexity index is 1490. The number of nitrogens with zero attached hydrogens (tertiary/aromatic N) is 4. The molecular formula is C31H32N4O4S. The van der Waals surface area contributed by atoms with Gasteiger partial charge in [-0.2, -0.15) is 5.26 Å². The molecule has 1 aromatic heterocycles. The van der Waals surface area contributed by atoms with Crippen molar-refractivity contribution in [3.05, 3.63) is 75.9 Å². The van der Waals surface area contributed by atoms with Gasteiger partial charge in [0, 0.05) is 37.1 Å². The number of carbonyl (C=O) groups is 3. The van der Waals surface area contributed by atoms with E-state index in [0.717, 1.165) is 21.7 Å². The smallest absolute Gasteiger partial charge is 0.255 e. The summed E-state index contributed by atoms with van der Waals surface area (Å²) in [7, 11) is 0. The van der Waals surface area contributed by atoms with Crippen LogP contribution < -0.4 is 0 Å². The maximum absolute atomic E-state index is 13.9. The van der Waals surface area contributed by atoms with E-state index in [4.69, 9.17) is 0 Å². The minimum Gasteiger partial charge on any atom is -0.391 e. The maximum Gasteiger partial charge on any atom is 0.255 e. The Morgan fingerprint density at radius 2 is 1.95 bits per heavy atom. The van der Waals surface area contributed by atoms with Gasteiger partial charge in [0.25, 0.3) is 5.91 Å². The summed E-state index contributed by atoms with van der Waals surface area (Å²) < 4.78 is 0. The predicted molar refractivity (Wildman–Crippen MR) is 151 cm³/mol. The number of hydrogen-bond acceptors (Lipinski definition) is 7. The Labute approximate surface area is 237 Å². The van der Waals surface area contributed by atoms with Crippen molar-refractivity contribution in [1.29, 1.82) is 5.26 Å². The number of ketones is 1. The third kappa shape index (κ3) is 5.17. The first kappa shape index (κ1) is 27.7. The first-order valence-electron chi connectivity index (χ1n) is 13.5. The maximum atomic E-state index is 13.9. The van der Waals surface area contributed by atoms with Crippen LogP contribution in [0.3, 0.4) is 0 Å². The third-order valence-corrected chi connectivity index (χ3v) is 8.87. The lowest BCUT2D eigenvalue weighted by molar-refractivity contribution is -0.142. The standard InChI is InChI=1S/C31H32N4O4S/c1-18(2)28(35-16-25-22(14-32)5-4-6-24(25)30(35)38)31(39)34-15-23(36)13-26(34)27(37)12-9-20-7-10-21(11-8-20)29-19(3)33-17-40-29/h4-8,10-11,17-18,23,26,28,36H,9,12-13,15-16H2,1-3H3/t23-,26+,28?/m1/s1. The van der Waals surface area contributed by atoms with Crippen molar-refractivity contribution < 1.29 is 19.5 Å². The zero-order valence-electron chi connectivity index (χ0n) is 22.8. The van der Waals surface area contributed by atoms with E-state index in [1.165, 1.54) is 9.80 Å². The molecule has 0 saturated carbocycles. The fourth-order valence-electron chi connectivity index (χ4n) is 5.83. The van der Waals surface area contributed by atoms with E-state index < -0.39 is 18.2 Å². The molecule has 1 saturated heterocycles. The van der Waals surface area contributed by atoms with Crippen LogP contribution in [0.5, 0.6) is 0 Å². The Kier molecular flexibility index (Phi) is 7.83. The fourth-order valence-corrected chi connectivity index (χ4v) is 6.64. The quantitative estimate of drug-likeness (QED) is 0.446. The van der Waals surface area contributed by atoms with Crippen molar-refractivity contribution in [3.8, 4) is 16.5 Å². The zero-order valence-corrected chi connectivity index (χ0v) is 23.6. The van der Waals surface area contributed by atoms with Gasteiger partial charge in [0.05, 0.1) is 39.9 Å². The number of thiazole rings is 1. The predicted octanol–water partition coefficient (Wildman–Crippen LogP) is 4.13. The summed E-state index contributed by atoms with van der Waals surface area (Å²) in [5.41, 5.74) is 6.40. The van der Waals surface area contributed by atoms with Crippen molar-refractivity contribution in [2.24, 2.45) is 5.92 Å². The van der Waals surface area contributed by atoms with Crippen molar-refractivity contribution in [2.45, 2.75) is 64.8 Å². The van der Waals surface area contributed by atoms with Crippen LogP contribution in [-0.2, 0) is 22.6 Å². The molecule has 2 aliphatic heterocycles. The van der Waals surface area contributed by atoms with Gasteiger partial charge in [0.2, 0.25) is 5.91 Å². The molecule has 9 heteroatoms. The number of aromatic nitrogens is 1. The highest BCUT2D eigenvalue weighted by atomic mass is 32.1. The van der Waals surface area contributed by atoms with Crippen LogP contribution in [0.1, 0.15) is 59.4 Å². The van der Waals surface area contributed by atoms with Crippen molar-refractivity contribution in [3.63, 3.8) is 0 Å². The average Bonchev–Trinajstić information content (AvgIpc) is 3.64. The highest BCUT2D eigenvalue weighted by Gasteiger charge is 2.45. The van der Waals surface area contributed by atoms with Gasteiger partial charge in [-0.05, 0) is 42.5 Å². The molecule has 1 fully saturated rings. The number of nitriles is 1. The number of Topliss-reactive ketones (excluding diaryl/α,β-unsaturated/α-hetero) is 1. The minimum atomic E-state index is -0.810. The number of fused-ring (bicyclic) bond motifs is 1. The molecule has 206 valence electrons. The molecule has 3 atom stereocenters. The van der Waals surface area contributed by atoms with Crippen molar-refractivity contribution in [1.82, 2.24) is 14.8 Å². The van der Waals surface area contributed by atoms with Gasteiger partial charge in [-0.25, -0.2) is 4.98 Å². The van der Waals surface area contributed by atoms with E-state index in [2.05, 4.69) is 11.1 Å². The van der Waals surface area contributed by atoms with Crippen LogP contribution in [0.4, 0.5) is 0 Å². The van der Waals surface area contributed by atoms with Crippen LogP contribution in [-0.4, -0.2) is 62.2 Å². The molecule has 1 N–H and O–H groups in total. The molecule has 0 bridgehead atoms. The molecule has 0 aliphatic carbocycles. The molecule has 0 radical (unpaired) electrons. The number of aliphatic hydroxyl groups excluding tert-OH is 1. The molecule has 40 heavy (non-hydrogen) atoms. The van der Waals surface area contributed by atoms with E-state index in [1.807, 2.05) is 50.5 Å². The topological polar surface area (TPSA) is 115 Å². The summed E-state index contributed by atoms with van der Waals surface area (Å²) in [6.07, 6.45) is 0.154. The van der Waals surface area contributed by atoms with Gasteiger partial charge in [-0.15, -0.1) is 11.3 Å². The molecule has 0 spiro atoms. The molecule has 2 aromatic carbocycles. The zero-order chi connectivity index (χ0) is 28.6. The van der Waals surface area contributed by atoms with Gasteiger partial charge in [-0.1, -0.05) is 44.2 Å². The number of benzene rings is 2. The lowest BCUT2D eigenvalue weighted by Gasteiger charge is -2.35. The molecule has 3 aromatic rings. The van der Waals surface area contributed by atoms with Gasteiger partial charge >= 0.3 is 0 Å². The second kappa shape index (κ2) is 11.3. The highest BCUT2D eigenvalue weighted by Crippen LogP contribution is 2.32. The van der Waals surface area contributed by atoms with Crippen LogP contribution in [0.25, 0.3) is 10.4 Å². The van der Waals surface area contributed by atoms with Crippen LogP contribution in [0, 0.1) is 24.2 Å². The average molecular weight is 557 g/mol. The first-order chi connectivity index (χ1) is 19.2. The molecule has 5 rings (SSSR count). The molecule has 2 aliphatic rings. The number of amides is 2. The van der Waals surface area contributed by atoms with Crippen LogP contribution in [0.15, 0.2) is 48.0 Å². The van der Waals surface area contributed by atoms with E-state index in [0.29, 0.717) is 23.1 Å². The molecule has 1 unspecified atom stereocenters. The van der Waals surface area contributed by atoms with Gasteiger partial charge < -0.3 is 14.9 Å². The Morgan fingerprint density at radius 3 is 2.60 bits per heavy atom. The molecule has 3 heterocycles. The molecule has 2 amide bonds. The van der Waals surface area contributed by atoms with E-state index in [1.54, 1.807) is 29.5 Å². The normalized spacial score (nSPS) is 19.1. The number of rotatable bonds is 8. The minimum absolute atomic E-state index is 0.0553. The second-order valence-electron chi connectivity index (χ2n) is 10.9. The van der Waals surface area contributed by atoms with E-state index in [-0.39, 0.29) is 49.4 Å². The number of aliphatic hydroxyl groups is 1. The van der Waals surface area contributed by atoms with Crippen molar-refractivity contribution >= 4 is 28.9 Å². The van der Waals surface area contributed by atoms with Gasteiger partial charge in [0.15, 0.2) is 5.78 Å². The largest absolute Gasteiger partial charge is 0.391 e. The van der Waals surface area contributed by atoms with Crippen LogP contribution >= 0.6 is 11.3 Å². The summed E-state index contributed by atoms with van der Waals surface area (Å²) in [4.78, 5) is 49.0.